The van der Waals surface area contributed by atoms with Gasteiger partial charge in [0, 0.05) is 7.11 Å². The van der Waals surface area contributed by atoms with Crippen LogP contribution in [0.1, 0.15) is 19.3 Å². The van der Waals surface area contributed by atoms with Crippen LogP contribution in [0.25, 0.3) is 0 Å². The molecule has 1 atom stereocenters. The van der Waals surface area contributed by atoms with E-state index in [0.717, 1.165) is 12.8 Å². The van der Waals surface area contributed by atoms with Crippen LogP contribution in [0.3, 0.4) is 0 Å². The van der Waals surface area contributed by atoms with E-state index in [1.807, 2.05) is 0 Å². The van der Waals surface area contributed by atoms with Gasteiger partial charge in [0.15, 0.2) is 0 Å². The van der Waals surface area contributed by atoms with E-state index in [2.05, 4.69) is 0 Å². The van der Waals surface area contributed by atoms with E-state index in [9.17, 15) is 4.79 Å². The van der Waals surface area contributed by atoms with Crippen LogP contribution in [0.5, 0.6) is 0 Å². The van der Waals surface area contributed by atoms with E-state index >= 15 is 0 Å². The van der Waals surface area contributed by atoms with Gasteiger partial charge in [-0.05, 0) is 19.4 Å². The summed E-state index contributed by atoms with van der Waals surface area (Å²) < 4.78 is 9.59. The highest BCUT2D eigenvalue weighted by atomic mass is 16.6. The van der Waals surface area contributed by atoms with Crippen LogP contribution in [0, 0.1) is 0 Å². The molecule has 0 aromatic rings. The smallest absolute Gasteiger partial charge is 0.322 e. The van der Waals surface area contributed by atoms with Crippen LogP contribution in [-0.4, -0.2) is 38.9 Å². The van der Waals surface area contributed by atoms with Crippen molar-refractivity contribution in [3.8, 4) is 0 Å². The summed E-state index contributed by atoms with van der Waals surface area (Å²) >= 11 is 0. The lowest BCUT2D eigenvalue weighted by atomic mass is 10.1. The third-order valence-corrected chi connectivity index (χ3v) is 1.80. The van der Waals surface area contributed by atoms with Gasteiger partial charge in [-0.3, -0.25) is 4.79 Å². The molecular weight excluding hydrogens is 184 g/mol. The second-order valence-corrected chi connectivity index (χ2v) is 3.05. The molecule has 0 aromatic heterocycles. The predicted molar refractivity (Wildman–Crippen MR) is 53.7 cm³/mol. The van der Waals surface area contributed by atoms with Gasteiger partial charge in [0.2, 0.25) is 0 Å². The minimum atomic E-state index is -0.529. The average Bonchev–Trinajstić information content (AvgIpc) is 2.18. The van der Waals surface area contributed by atoms with Crippen LogP contribution >= 0.6 is 0 Å². The van der Waals surface area contributed by atoms with E-state index in [0.29, 0.717) is 19.6 Å². The van der Waals surface area contributed by atoms with Crippen molar-refractivity contribution in [2.75, 3.05) is 26.9 Å². The fraction of sp³-hybridized carbons (Fsp3) is 0.889. The number of hydrogen-bond acceptors (Lipinski definition) is 5. The third-order valence-electron chi connectivity index (χ3n) is 1.80. The Kier molecular flexibility index (Phi) is 8.51. The maximum Gasteiger partial charge on any atom is 0.322 e. The highest BCUT2D eigenvalue weighted by Gasteiger charge is 2.13. The molecule has 0 bridgehead atoms. The standard InChI is InChI=1S/C9H20N2O3/c1-13-6-7-14-9(12)8(11)4-2-3-5-10/h8H,2-7,10-11H2,1H3. The third kappa shape index (κ3) is 6.82. The number of hydrogen-bond donors (Lipinski definition) is 2. The van der Waals surface area contributed by atoms with Crippen LogP contribution in [-0.2, 0) is 14.3 Å². The SMILES string of the molecule is COCCOC(=O)C(N)CCCCN. The number of unbranched alkanes of at least 4 members (excludes halogenated alkanes) is 1. The molecule has 4 N–H and O–H groups in total. The summed E-state index contributed by atoms with van der Waals surface area (Å²) in [5.74, 6) is -0.362. The average molecular weight is 204 g/mol. The van der Waals surface area contributed by atoms with E-state index in [4.69, 9.17) is 20.9 Å². The van der Waals surface area contributed by atoms with Gasteiger partial charge in [0.25, 0.3) is 0 Å². The number of carbonyl (C=O) groups excluding carboxylic acids is 1. The molecule has 0 aromatic carbocycles. The number of rotatable bonds is 8. The van der Waals surface area contributed by atoms with Crippen molar-refractivity contribution in [1.82, 2.24) is 0 Å². The molecule has 0 rings (SSSR count). The summed E-state index contributed by atoms with van der Waals surface area (Å²) in [5, 5.41) is 0. The van der Waals surface area contributed by atoms with Crippen LogP contribution in [0.15, 0.2) is 0 Å². The number of esters is 1. The lowest BCUT2D eigenvalue weighted by Gasteiger charge is -2.10. The Morgan fingerprint density at radius 3 is 2.64 bits per heavy atom. The van der Waals surface area contributed by atoms with Gasteiger partial charge in [-0.25, -0.2) is 0 Å². The van der Waals surface area contributed by atoms with Gasteiger partial charge in [0.1, 0.15) is 12.6 Å². The lowest BCUT2D eigenvalue weighted by Crippen LogP contribution is -2.33. The van der Waals surface area contributed by atoms with Gasteiger partial charge in [0.05, 0.1) is 6.61 Å². The van der Waals surface area contributed by atoms with E-state index in [1.54, 1.807) is 7.11 Å². The van der Waals surface area contributed by atoms with Crippen LogP contribution in [0.2, 0.25) is 0 Å². The van der Waals surface area contributed by atoms with Crippen LogP contribution < -0.4 is 11.5 Å². The van der Waals surface area contributed by atoms with E-state index in [-0.39, 0.29) is 12.6 Å². The molecule has 0 fully saturated rings. The first-order chi connectivity index (χ1) is 6.72. The Morgan fingerprint density at radius 1 is 1.36 bits per heavy atom. The fourth-order valence-electron chi connectivity index (χ4n) is 0.959. The molecule has 5 heteroatoms. The molecule has 5 nitrogen and oxygen atoms in total. The Bertz CT molecular complexity index is 153. The molecule has 0 saturated carbocycles. The monoisotopic (exact) mass is 204 g/mol. The van der Waals surface area contributed by atoms with Crippen molar-refractivity contribution in [2.45, 2.75) is 25.3 Å². The molecule has 1 unspecified atom stereocenters. The summed E-state index contributed by atoms with van der Waals surface area (Å²) in [6.07, 6.45) is 2.37. The van der Waals surface area contributed by atoms with Crippen molar-refractivity contribution in [1.29, 1.82) is 0 Å². The summed E-state index contributed by atoms with van der Waals surface area (Å²) in [7, 11) is 1.55. The number of carbonyl (C=O) groups is 1. The van der Waals surface area contributed by atoms with E-state index in [1.165, 1.54) is 0 Å². The fourth-order valence-corrected chi connectivity index (χ4v) is 0.959. The second kappa shape index (κ2) is 8.93. The molecule has 0 spiro atoms. The Hall–Kier alpha value is -0.650. The number of methoxy groups -OCH3 is 1. The van der Waals surface area contributed by atoms with Crippen LogP contribution in [0.4, 0.5) is 0 Å². The molecule has 0 aliphatic carbocycles. The van der Waals surface area contributed by atoms with Crippen molar-refractivity contribution in [3.63, 3.8) is 0 Å². The molecule has 0 saturated heterocycles. The Labute approximate surface area is 84.7 Å². The van der Waals surface area contributed by atoms with Gasteiger partial charge < -0.3 is 20.9 Å². The van der Waals surface area contributed by atoms with Crippen molar-refractivity contribution in [2.24, 2.45) is 11.5 Å². The van der Waals surface area contributed by atoms with Crippen molar-refractivity contribution >= 4 is 5.97 Å². The van der Waals surface area contributed by atoms with Gasteiger partial charge in [-0.2, -0.15) is 0 Å². The summed E-state index contributed by atoms with van der Waals surface area (Å²) in [6.45, 7) is 1.30. The topological polar surface area (TPSA) is 87.6 Å². The summed E-state index contributed by atoms with van der Waals surface area (Å²) in [4.78, 5) is 11.2. The molecular formula is C9H20N2O3. The number of nitrogens with two attached hydrogens (primary N) is 2. The molecule has 0 amide bonds. The minimum Gasteiger partial charge on any atom is -0.462 e. The molecule has 0 aliphatic heterocycles. The first kappa shape index (κ1) is 13.4. The zero-order valence-corrected chi connectivity index (χ0v) is 8.70. The van der Waals surface area contributed by atoms with E-state index < -0.39 is 6.04 Å². The molecule has 14 heavy (non-hydrogen) atoms. The minimum absolute atomic E-state index is 0.264. The maximum atomic E-state index is 11.2. The highest BCUT2D eigenvalue weighted by molar-refractivity contribution is 5.75. The largest absolute Gasteiger partial charge is 0.462 e. The predicted octanol–water partition coefficient (Wildman–Crippen LogP) is -0.368. The first-order valence-electron chi connectivity index (χ1n) is 4.83. The second-order valence-electron chi connectivity index (χ2n) is 3.05. The summed E-state index contributed by atoms with van der Waals surface area (Å²) in [6, 6.07) is -0.529. The Morgan fingerprint density at radius 2 is 2.07 bits per heavy atom. The normalized spacial score (nSPS) is 12.5. The van der Waals surface area contributed by atoms with Gasteiger partial charge in [-0.15, -0.1) is 0 Å². The van der Waals surface area contributed by atoms with Gasteiger partial charge >= 0.3 is 5.97 Å². The molecule has 84 valence electrons. The maximum absolute atomic E-state index is 11.2. The molecule has 0 heterocycles. The molecule has 0 aliphatic rings. The highest BCUT2D eigenvalue weighted by Crippen LogP contribution is 1.99. The molecule has 0 radical (unpaired) electrons. The van der Waals surface area contributed by atoms with Gasteiger partial charge in [-0.1, -0.05) is 6.42 Å². The lowest BCUT2D eigenvalue weighted by molar-refractivity contribution is -0.146. The first-order valence-corrected chi connectivity index (χ1v) is 4.83. The zero-order valence-electron chi connectivity index (χ0n) is 8.70. The number of ether oxygens (including phenoxy) is 2. The Balaban J connectivity index is 3.44. The summed E-state index contributed by atoms with van der Waals surface area (Å²) in [5.41, 5.74) is 10.9. The van der Waals surface area contributed by atoms with Crippen molar-refractivity contribution < 1.29 is 14.3 Å². The van der Waals surface area contributed by atoms with Crippen molar-refractivity contribution in [3.05, 3.63) is 0 Å². The quantitative estimate of drug-likeness (QED) is 0.416. The zero-order chi connectivity index (χ0) is 10.8.